The molecule has 0 saturated heterocycles. The summed E-state index contributed by atoms with van der Waals surface area (Å²) in [6, 6.07) is 4.65. The Bertz CT molecular complexity index is 472. The molecule has 0 aliphatic heterocycles. The van der Waals surface area contributed by atoms with Gasteiger partial charge in [0.1, 0.15) is 0 Å². The maximum absolute atomic E-state index is 12.6. The lowest BCUT2D eigenvalue weighted by Gasteiger charge is -2.19. The summed E-state index contributed by atoms with van der Waals surface area (Å²) in [6.45, 7) is 4.34. The quantitative estimate of drug-likeness (QED) is 0.849. The minimum Gasteiger partial charge on any atom is -0.352 e. The minimum absolute atomic E-state index is 0.0848. The monoisotopic (exact) mass is 302 g/mol. The standard InChI is InChI=1S/C15H21F3N2O/c1-10(2)6-13(9-19)20-14(21)8-11-4-3-5-12(7-11)15(16,17)18/h3-5,7,10,13H,6,8-9,19H2,1-2H3,(H,20,21). The van der Waals surface area contributed by atoms with Crippen LogP contribution < -0.4 is 11.1 Å². The molecule has 0 aliphatic carbocycles. The van der Waals surface area contributed by atoms with E-state index in [1.165, 1.54) is 12.1 Å². The third kappa shape index (κ3) is 6.16. The van der Waals surface area contributed by atoms with Gasteiger partial charge in [0, 0.05) is 12.6 Å². The van der Waals surface area contributed by atoms with E-state index >= 15 is 0 Å². The average molecular weight is 302 g/mol. The van der Waals surface area contributed by atoms with Gasteiger partial charge in [0.25, 0.3) is 0 Å². The zero-order chi connectivity index (χ0) is 16.0. The average Bonchev–Trinajstić information content (AvgIpc) is 2.36. The zero-order valence-corrected chi connectivity index (χ0v) is 12.2. The second-order valence-electron chi connectivity index (χ2n) is 5.50. The van der Waals surface area contributed by atoms with E-state index in [-0.39, 0.29) is 18.4 Å². The van der Waals surface area contributed by atoms with Crippen LogP contribution >= 0.6 is 0 Å². The van der Waals surface area contributed by atoms with Crippen LogP contribution in [0, 0.1) is 5.92 Å². The van der Waals surface area contributed by atoms with Crippen LogP contribution in [0.2, 0.25) is 0 Å². The van der Waals surface area contributed by atoms with Crippen LogP contribution in [0.15, 0.2) is 24.3 Å². The molecule has 0 fully saturated rings. The smallest absolute Gasteiger partial charge is 0.352 e. The van der Waals surface area contributed by atoms with Crippen LogP contribution in [0.1, 0.15) is 31.4 Å². The Balaban J connectivity index is 2.66. The molecule has 3 nitrogen and oxygen atoms in total. The molecule has 0 bridgehead atoms. The summed E-state index contributed by atoms with van der Waals surface area (Å²) >= 11 is 0. The number of rotatable bonds is 6. The molecule has 21 heavy (non-hydrogen) atoms. The highest BCUT2D eigenvalue weighted by Gasteiger charge is 2.30. The third-order valence-corrected chi connectivity index (χ3v) is 3.02. The van der Waals surface area contributed by atoms with E-state index in [9.17, 15) is 18.0 Å². The predicted molar refractivity (Wildman–Crippen MR) is 75.6 cm³/mol. The van der Waals surface area contributed by atoms with Crippen LogP contribution in [0.3, 0.4) is 0 Å². The van der Waals surface area contributed by atoms with Gasteiger partial charge >= 0.3 is 6.18 Å². The molecule has 6 heteroatoms. The summed E-state index contributed by atoms with van der Waals surface area (Å²) in [5, 5.41) is 2.76. The molecule has 0 saturated carbocycles. The summed E-state index contributed by atoms with van der Waals surface area (Å²) in [5.74, 6) is 0.0674. The number of amides is 1. The largest absolute Gasteiger partial charge is 0.416 e. The molecule has 1 rings (SSSR count). The number of benzene rings is 1. The first-order valence-corrected chi connectivity index (χ1v) is 6.88. The second kappa shape index (κ2) is 7.45. The minimum atomic E-state index is -4.40. The molecule has 0 aliphatic rings. The van der Waals surface area contributed by atoms with Gasteiger partial charge in [-0.3, -0.25) is 4.79 Å². The van der Waals surface area contributed by atoms with Crippen molar-refractivity contribution in [3.63, 3.8) is 0 Å². The fourth-order valence-electron chi connectivity index (χ4n) is 2.10. The van der Waals surface area contributed by atoms with Crippen LogP contribution in [0.5, 0.6) is 0 Å². The van der Waals surface area contributed by atoms with Crippen molar-refractivity contribution in [2.75, 3.05) is 6.54 Å². The molecule has 0 spiro atoms. The van der Waals surface area contributed by atoms with Gasteiger partial charge in [-0.2, -0.15) is 13.2 Å². The molecule has 1 atom stereocenters. The first-order valence-electron chi connectivity index (χ1n) is 6.88. The van der Waals surface area contributed by atoms with Crippen LogP contribution in [0.25, 0.3) is 0 Å². The van der Waals surface area contributed by atoms with Crippen LogP contribution in [-0.2, 0) is 17.4 Å². The number of nitrogens with one attached hydrogen (secondary N) is 1. The van der Waals surface area contributed by atoms with Crippen molar-refractivity contribution in [1.82, 2.24) is 5.32 Å². The molecular weight excluding hydrogens is 281 g/mol. The number of carbonyl (C=O) groups excluding carboxylic acids is 1. The fraction of sp³-hybridized carbons (Fsp3) is 0.533. The first kappa shape index (κ1) is 17.5. The lowest BCUT2D eigenvalue weighted by atomic mass is 10.0. The van der Waals surface area contributed by atoms with Crippen molar-refractivity contribution in [3.8, 4) is 0 Å². The Morgan fingerprint density at radius 2 is 2.00 bits per heavy atom. The number of hydrogen-bond acceptors (Lipinski definition) is 2. The van der Waals surface area contributed by atoms with Crippen molar-refractivity contribution in [2.24, 2.45) is 11.7 Å². The maximum Gasteiger partial charge on any atom is 0.416 e. The van der Waals surface area contributed by atoms with Crippen LogP contribution in [0.4, 0.5) is 13.2 Å². The molecule has 0 radical (unpaired) electrons. The molecule has 1 aromatic carbocycles. The zero-order valence-electron chi connectivity index (χ0n) is 12.2. The van der Waals surface area contributed by atoms with E-state index in [2.05, 4.69) is 5.32 Å². The highest BCUT2D eigenvalue weighted by molar-refractivity contribution is 5.78. The second-order valence-corrected chi connectivity index (χ2v) is 5.50. The van der Waals surface area contributed by atoms with Crippen molar-refractivity contribution in [2.45, 2.75) is 38.9 Å². The van der Waals surface area contributed by atoms with E-state index in [0.717, 1.165) is 18.6 Å². The van der Waals surface area contributed by atoms with E-state index in [1.807, 2.05) is 13.8 Å². The molecule has 0 heterocycles. The van der Waals surface area contributed by atoms with Crippen molar-refractivity contribution < 1.29 is 18.0 Å². The van der Waals surface area contributed by atoms with Gasteiger partial charge < -0.3 is 11.1 Å². The molecule has 3 N–H and O–H groups in total. The number of halogens is 3. The highest BCUT2D eigenvalue weighted by Crippen LogP contribution is 2.29. The SMILES string of the molecule is CC(C)CC(CN)NC(=O)Cc1cccc(C(F)(F)F)c1. The Kier molecular flexibility index (Phi) is 6.20. The topological polar surface area (TPSA) is 55.1 Å². The molecule has 0 aromatic heterocycles. The Labute approximate surface area is 122 Å². The normalized spacial score (nSPS) is 13.3. The predicted octanol–water partition coefficient (Wildman–Crippen LogP) is 2.74. The van der Waals surface area contributed by atoms with Crippen molar-refractivity contribution in [3.05, 3.63) is 35.4 Å². The van der Waals surface area contributed by atoms with Gasteiger partial charge in [0.15, 0.2) is 0 Å². The molecule has 1 amide bonds. The molecule has 1 unspecified atom stereocenters. The van der Waals surface area contributed by atoms with Gasteiger partial charge in [-0.15, -0.1) is 0 Å². The van der Waals surface area contributed by atoms with E-state index < -0.39 is 11.7 Å². The van der Waals surface area contributed by atoms with Gasteiger partial charge in [-0.1, -0.05) is 32.0 Å². The summed E-state index contributed by atoms with van der Waals surface area (Å²) in [6.07, 6.45) is -3.74. The lowest BCUT2D eigenvalue weighted by molar-refractivity contribution is -0.137. The summed E-state index contributed by atoms with van der Waals surface area (Å²) in [5.41, 5.74) is 5.17. The fourth-order valence-corrected chi connectivity index (χ4v) is 2.10. The van der Waals surface area contributed by atoms with E-state index in [0.29, 0.717) is 18.0 Å². The van der Waals surface area contributed by atoms with Crippen LogP contribution in [-0.4, -0.2) is 18.5 Å². The van der Waals surface area contributed by atoms with E-state index in [4.69, 9.17) is 5.73 Å². The van der Waals surface area contributed by atoms with Crippen molar-refractivity contribution in [1.29, 1.82) is 0 Å². The van der Waals surface area contributed by atoms with Crippen molar-refractivity contribution >= 4 is 5.91 Å². The Hall–Kier alpha value is -1.56. The summed E-state index contributed by atoms with van der Waals surface area (Å²) < 4.78 is 37.8. The Morgan fingerprint density at radius 1 is 1.33 bits per heavy atom. The van der Waals surface area contributed by atoms with Gasteiger partial charge in [-0.05, 0) is 24.0 Å². The first-order chi connectivity index (χ1) is 9.72. The number of carbonyl (C=O) groups is 1. The Morgan fingerprint density at radius 3 is 2.52 bits per heavy atom. The number of alkyl halides is 3. The van der Waals surface area contributed by atoms with Gasteiger partial charge in [0.2, 0.25) is 5.91 Å². The maximum atomic E-state index is 12.6. The lowest BCUT2D eigenvalue weighted by Crippen LogP contribution is -2.41. The summed E-state index contributed by atoms with van der Waals surface area (Å²) in [4.78, 5) is 11.9. The van der Waals surface area contributed by atoms with Gasteiger partial charge in [0.05, 0.1) is 12.0 Å². The molecule has 1 aromatic rings. The summed E-state index contributed by atoms with van der Waals surface area (Å²) in [7, 11) is 0. The molecule has 118 valence electrons. The van der Waals surface area contributed by atoms with Gasteiger partial charge in [-0.25, -0.2) is 0 Å². The number of hydrogen-bond donors (Lipinski definition) is 2. The number of nitrogens with two attached hydrogens (primary N) is 1. The third-order valence-electron chi connectivity index (χ3n) is 3.02. The molecular formula is C15H21F3N2O. The highest BCUT2D eigenvalue weighted by atomic mass is 19.4. The van der Waals surface area contributed by atoms with E-state index in [1.54, 1.807) is 0 Å².